The third-order valence-corrected chi connectivity index (χ3v) is 4.49. The number of carbonyl (C=O) groups excluding carboxylic acids is 2. The van der Waals surface area contributed by atoms with Gasteiger partial charge in [-0.3, -0.25) is 14.5 Å². The first-order valence-electron chi connectivity index (χ1n) is 7.36. The van der Waals surface area contributed by atoms with Crippen molar-refractivity contribution in [2.75, 3.05) is 34.2 Å². The number of fused-ring (bicyclic) bond motifs is 1. The van der Waals surface area contributed by atoms with Crippen LogP contribution < -0.4 is 14.2 Å². The van der Waals surface area contributed by atoms with Crippen molar-refractivity contribution in [3.05, 3.63) is 22.6 Å². The molecule has 3 rings (SSSR count). The van der Waals surface area contributed by atoms with Crippen LogP contribution in [0.3, 0.4) is 0 Å². The Morgan fingerprint density at radius 2 is 2.12 bits per heavy atom. The van der Waals surface area contributed by atoms with Crippen LogP contribution in [0, 0.1) is 0 Å². The van der Waals surface area contributed by atoms with Gasteiger partial charge in [-0.2, -0.15) is 0 Å². The zero-order valence-electron chi connectivity index (χ0n) is 13.4. The number of amides is 2. The van der Waals surface area contributed by atoms with Crippen LogP contribution in [-0.2, 0) is 9.53 Å². The minimum atomic E-state index is -0.294. The number of thioether (sulfide) groups is 1. The molecule has 24 heavy (non-hydrogen) atoms. The van der Waals surface area contributed by atoms with E-state index in [1.54, 1.807) is 25.3 Å². The third-order valence-electron chi connectivity index (χ3n) is 3.58. The van der Waals surface area contributed by atoms with Crippen molar-refractivity contribution in [2.45, 2.75) is 6.42 Å². The van der Waals surface area contributed by atoms with Gasteiger partial charge >= 0.3 is 0 Å². The molecule has 2 heterocycles. The highest BCUT2D eigenvalue weighted by molar-refractivity contribution is 8.18. The van der Waals surface area contributed by atoms with Gasteiger partial charge in [0, 0.05) is 20.3 Å². The van der Waals surface area contributed by atoms with Gasteiger partial charge in [0.2, 0.25) is 12.5 Å². The lowest BCUT2D eigenvalue weighted by Gasteiger charge is -2.11. The van der Waals surface area contributed by atoms with Gasteiger partial charge in [0.05, 0.1) is 12.0 Å². The Morgan fingerprint density at radius 1 is 1.29 bits per heavy atom. The second-order valence-corrected chi connectivity index (χ2v) is 6.13. The fraction of sp³-hybridized carbons (Fsp3) is 0.375. The normalized spacial score (nSPS) is 17.9. The summed E-state index contributed by atoms with van der Waals surface area (Å²) in [4.78, 5) is 26.0. The van der Waals surface area contributed by atoms with E-state index in [4.69, 9.17) is 18.9 Å². The summed E-state index contributed by atoms with van der Waals surface area (Å²) in [5, 5.41) is -0.268. The van der Waals surface area contributed by atoms with E-state index in [2.05, 4.69) is 0 Å². The molecule has 0 saturated carbocycles. The van der Waals surface area contributed by atoms with Gasteiger partial charge in [0.25, 0.3) is 11.1 Å². The number of nitrogens with zero attached hydrogens (tertiary/aromatic N) is 1. The molecule has 0 unspecified atom stereocenters. The van der Waals surface area contributed by atoms with Gasteiger partial charge < -0.3 is 18.9 Å². The lowest BCUT2D eigenvalue weighted by molar-refractivity contribution is -0.122. The second kappa shape index (κ2) is 7.14. The zero-order valence-corrected chi connectivity index (χ0v) is 14.2. The first-order valence-corrected chi connectivity index (χ1v) is 8.17. The molecule has 0 aromatic heterocycles. The first kappa shape index (κ1) is 16.7. The molecule has 2 amide bonds. The van der Waals surface area contributed by atoms with Crippen LogP contribution in [0.15, 0.2) is 17.0 Å². The van der Waals surface area contributed by atoms with Crippen molar-refractivity contribution in [3.63, 3.8) is 0 Å². The van der Waals surface area contributed by atoms with E-state index in [1.807, 2.05) is 0 Å². The number of hydrogen-bond acceptors (Lipinski definition) is 7. The average Bonchev–Trinajstić information content (AvgIpc) is 3.14. The summed E-state index contributed by atoms with van der Waals surface area (Å²) in [6.07, 6.45) is 2.27. The molecular weight excluding hydrogens is 334 g/mol. The number of ether oxygens (including phenoxy) is 4. The molecule has 128 valence electrons. The molecule has 0 N–H and O–H groups in total. The smallest absolute Gasteiger partial charge is 0.293 e. The van der Waals surface area contributed by atoms with Crippen LogP contribution in [0.25, 0.3) is 6.08 Å². The lowest BCUT2D eigenvalue weighted by atomic mass is 10.1. The Hall–Kier alpha value is -2.19. The van der Waals surface area contributed by atoms with E-state index >= 15 is 0 Å². The monoisotopic (exact) mass is 351 g/mol. The minimum absolute atomic E-state index is 0.130. The summed E-state index contributed by atoms with van der Waals surface area (Å²) in [6, 6.07) is 3.50. The molecule has 0 radical (unpaired) electrons. The number of hydrogen-bond donors (Lipinski definition) is 0. The summed E-state index contributed by atoms with van der Waals surface area (Å²) < 4.78 is 20.9. The highest BCUT2D eigenvalue weighted by Gasteiger charge is 2.34. The number of carbonyl (C=O) groups is 2. The van der Waals surface area contributed by atoms with Gasteiger partial charge in [-0.1, -0.05) is 0 Å². The van der Waals surface area contributed by atoms with E-state index in [0.717, 1.165) is 11.8 Å². The molecule has 0 atom stereocenters. The number of rotatable bonds is 6. The van der Waals surface area contributed by atoms with E-state index < -0.39 is 0 Å². The lowest BCUT2D eigenvalue weighted by Crippen LogP contribution is -2.29. The van der Waals surface area contributed by atoms with Gasteiger partial charge in [-0.15, -0.1) is 0 Å². The second-order valence-electron chi connectivity index (χ2n) is 5.14. The van der Waals surface area contributed by atoms with Crippen molar-refractivity contribution in [1.82, 2.24) is 4.90 Å². The van der Waals surface area contributed by atoms with E-state index in [0.29, 0.717) is 47.3 Å². The Kier molecular flexibility index (Phi) is 4.96. The molecule has 0 aliphatic carbocycles. The summed E-state index contributed by atoms with van der Waals surface area (Å²) in [6.45, 7) is 0.978. The molecule has 7 nitrogen and oxygen atoms in total. The standard InChI is InChI=1S/C16H17NO6S/c1-20-5-3-4-17-15(18)13(24-16(17)19)8-10-6-11(21-2)14-12(7-10)22-9-23-14/h6-8H,3-5,9H2,1-2H3/b13-8+. The average molecular weight is 351 g/mol. The van der Waals surface area contributed by atoms with Gasteiger partial charge in [-0.25, -0.2) is 0 Å². The molecule has 1 fully saturated rings. The van der Waals surface area contributed by atoms with Crippen molar-refractivity contribution < 1.29 is 28.5 Å². The van der Waals surface area contributed by atoms with Crippen LogP contribution in [0.4, 0.5) is 4.79 Å². The molecule has 0 bridgehead atoms. The Labute approximate surface area is 143 Å². The Morgan fingerprint density at radius 3 is 2.88 bits per heavy atom. The van der Waals surface area contributed by atoms with Crippen LogP contribution in [0.2, 0.25) is 0 Å². The predicted octanol–water partition coefficient (Wildman–Crippen LogP) is 2.50. The Bertz CT molecular complexity index is 702. The van der Waals surface area contributed by atoms with Crippen molar-refractivity contribution in [3.8, 4) is 17.2 Å². The molecule has 1 saturated heterocycles. The Balaban J connectivity index is 1.82. The summed E-state index contributed by atoms with van der Waals surface area (Å²) in [5.41, 5.74) is 0.707. The number of benzene rings is 1. The van der Waals surface area contributed by atoms with Crippen molar-refractivity contribution in [1.29, 1.82) is 0 Å². The van der Waals surface area contributed by atoms with E-state index in [9.17, 15) is 9.59 Å². The van der Waals surface area contributed by atoms with Crippen molar-refractivity contribution >= 4 is 29.0 Å². The maximum Gasteiger partial charge on any atom is 0.293 e. The van der Waals surface area contributed by atoms with Crippen LogP contribution in [-0.4, -0.2) is 50.2 Å². The minimum Gasteiger partial charge on any atom is -0.493 e. The molecule has 1 aromatic carbocycles. The zero-order chi connectivity index (χ0) is 17.1. The van der Waals surface area contributed by atoms with Crippen LogP contribution >= 0.6 is 11.8 Å². The highest BCUT2D eigenvalue weighted by atomic mass is 32.2. The fourth-order valence-corrected chi connectivity index (χ4v) is 3.31. The fourth-order valence-electron chi connectivity index (χ4n) is 2.44. The highest BCUT2D eigenvalue weighted by Crippen LogP contribution is 2.43. The molecule has 2 aliphatic rings. The van der Waals surface area contributed by atoms with Gasteiger partial charge in [0.1, 0.15) is 0 Å². The van der Waals surface area contributed by atoms with Gasteiger partial charge in [-0.05, 0) is 42.0 Å². The van der Waals surface area contributed by atoms with Crippen molar-refractivity contribution in [2.24, 2.45) is 0 Å². The molecule has 0 spiro atoms. The van der Waals surface area contributed by atoms with E-state index in [-0.39, 0.29) is 17.9 Å². The first-order chi connectivity index (χ1) is 11.6. The summed E-state index contributed by atoms with van der Waals surface area (Å²) >= 11 is 0.926. The van der Waals surface area contributed by atoms with E-state index in [1.165, 1.54) is 12.0 Å². The van der Waals surface area contributed by atoms with Crippen LogP contribution in [0.5, 0.6) is 17.2 Å². The molecule has 8 heteroatoms. The van der Waals surface area contributed by atoms with Crippen LogP contribution in [0.1, 0.15) is 12.0 Å². The van der Waals surface area contributed by atoms with Gasteiger partial charge in [0.15, 0.2) is 11.5 Å². The summed E-state index contributed by atoms with van der Waals surface area (Å²) in [5.74, 6) is 1.33. The maximum atomic E-state index is 12.4. The SMILES string of the molecule is COCCCN1C(=O)S/C(=C/c2cc(OC)c3c(c2)OCO3)C1=O. The predicted molar refractivity (Wildman–Crippen MR) is 88.3 cm³/mol. The third kappa shape index (κ3) is 3.20. The maximum absolute atomic E-state index is 12.4. The largest absolute Gasteiger partial charge is 0.493 e. The summed E-state index contributed by atoms with van der Waals surface area (Å²) in [7, 11) is 3.12. The number of imide groups is 1. The topological polar surface area (TPSA) is 74.3 Å². The molecule has 1 aromatic rings. The number of methoxy groups -OCH3 is 2. The molecular formula is C16H17NO6S. The molecule has 2 aliphatic heterocycles. The quantitative estimate of drug-likeness (QED) is 0.576.